The van der Waals surface area contributed by atoms with E-state index in [1.807, 2.05) is 49.3 Å². The molecule has 1 aromatic carbocycles. The first-order valence-corrected chi connectivity index (χ1v) is 10.2. The molecule has 180 valence electrons. The predicted molar refractivity (Wildman–Crippen MR) is 127 cm³/mol. The van der Waals surface area contributed by atoms with E-state index in [0.717, 1.165) is 11.6 Å². The summed E-state index contributed by atoms with van der Waals surface area (Å²) >= 11 is 0. The summed E-state index contributed by atoms with van der Waals surface area (Å²) in [7, 11) is 3.74. The monoisotopic (exact) mass is 459 g/mol. The average Bonchev–Trinajstić information content (AvgIpc) is 2.78. The Morgan fingerprint density at radius 2 is 1.76 bits per heavy atom. The maximum Gasteiger partial charge on any atom is 0.334 e. The fraction of sp³-hybridized carbons (Fsp3) is 0.320. The number of hydrogen-bond donors (Lipinski definition) is 2. The number of nitrogens with zero attached hydrogens (tertiary/aromatic N) is 1. The van der Waals surface area contributed by atoms with Crippen LogP contribution in [0.25, 0.3) is 6.08 Å². The molecule has 33 heavy (non-hydrogen) atoms. The molecule has 1 aromatic rings. The van der Waals surface area contributed by atoms with Crippen LogP contribution >= 0.6 is 0 Å². The third kappa shape index (κ3) is 14.2. The first-order valence-electron chi connectivity index (χ1n) is 10.2. The van der Waals surface area contributed by atoms with Crippen molar-refractivity contribution >= 4 is 24.0 Å². The van der Waals surface area contributed by atoms with Crippen LogP contribution < -0.4 is 0 Å². The van der Waals surface area contributed by atoms with Gasteiger partial charge >= 0.3 is 17.9 Å². The summed E-state index contributed by atoms with van der Waals surface area (Å²) in [6, 6.07) is 9.58. The molecule has 0 aliphatic rings. The Morgan fingerprint density at radius 3 is 2.27 bits per heavy atom. The zero-order valence-corrected chi connectivity index (χ0v) is 19.6. The van der Waals surface area contributed by atoms with Crippen molar-refractivity contribution in [1.82, 2.24) is 4.90 Å². The highest BCUT2D eigenvalue weighted by Gasteiger charge is 2.12. The second kappa shape index (κ2) is 17.1. The minimum Gasteiger partial charge on any atom is -0.478 e. The summed E-state index contributed by atoms with van der Waals surface area (Å²) in [5, 5.41) is 17.8. The number of likely N-dealkylation sites (N-methyl/N-ethyl adjacent to an activating group) is 1. The molecule has 0 spiro atoms. The first-order chi connectivity index (χ1) is 15.6. The van der Waals surface area contributed by atoms with Crippen LogP contribution in [0.2, 0.25) is 0 Å². The molecule has 0 heterocycles. The van der Waals surface area contributed by atoms with E-state index in [1.54, 1.807) is 13.0 Å². The van der Waals surface area contributed by atoms with E-state index in [9.17, 15) is 14.4 Å². The lowest BCUT2D eigenvalue weighted by molar-refractivity contribution is -0.139. The molecule has 0 aliphatic carbocycles. The fourth-order valence-electron chi connectivity index (χ4n) is 2.16. The van der Waals surface area contributed by atoms with Crippen LogP contribution in [0.15, 0.2) is 72.0 Å². The van der Waals surface area contributed by atoms with Gasteiger partial charge in [0, 0.05) is 30.4 Å². The van der Waals surface area contributed by atoms with Crippen molar-refractivity contribution in [2.45, 2.75) is 20.3 Å². The lowest BCUT2D eigenvalue weighted by Gasteiger charge is -2.12. The molecule has 8 heteroatoms. The molecule has 0 amide bonds. The molecular weight excluding hydrogens is 426 g/mol. The third-order valence-corrected chi connectivity index (χ3v) is 4.08. The van der Waals surface area contributed by atoms with Crippen molar-refractivity contribution in [3.63, 3.8) is 0 Å². The highest BCUT2D eigenvalue weighted by atomic mass is 16.5. The van der Waals surface area contributed by atoms with Gasteiger partial charge in [-0.2, -0.15) is 0 Å². The Morgan fingerprint density at radius 1 is 1.12 bits per heavy atom. The van der Waals surface area contributed by atoms with E-state index in [4.69, 9.17) is 14.9 Å². The van der Waals surface area contributed by atoms with Crippen LogP contribution in [0.5, 0.6) is 0 Å². The molecule has 0 fully saturated rings. The van der Waals surface area contributed by atoms with Gasteiger partial charge in [0.2, 0.25) is 0 Å². The first kappa shape index (κ1) is 29.5. The molecule has 0 aromatic heterocycles. The summed E-state index contributed by atoms with van der Waals surface area (Å²) in [6.07, 6.45) is 5.77. The SMILES string of the molecule is C=CC(=O)OC=Cc1ccccc1.CC(=CC(CCO)=C(C)C(=O)OCCN(C)C)C(=O)O. The number of hydrogen-bond acceptors (Lipinski definition) is 7. The van der Waals surface area contributed by atoms with Crippen LogP contribution in [-0.4, -0.2) is 66.9 Å². The van der Waals surface area contributed by atoms with Crippen LogP contribution in [0.1, 0.15) is 25.8 Å². The van der Waals surface area contributed by atoms with Gasteiger partial charge in [-0.05, 0) is 57.7 Å². The smallest absolute Gasteiger partial charge is 0.334 e. The quantitative estimate of drug-likeness (QED) is 0.224. The van der Waals surface area contributed by atoms with Gasteiger partial charge in [0.25, 0.3) is 0 Å². The number of aliphatic hydroxyl groups excluding tert-OH is 1. The van der Waals surface area contributed by atoms with Crippen molar-refractivity contribution in [3.05, 3.63) is 77.6 Å². The average molecular weight is 460 g/mol. The zero-order valence-electron chi connectivity index (χ0n) is 19.6. The summed E-state index contributed by atoms with van der Waals surface area (Å²) in [5.74, 6) is -2.01. The summed E-state index contributed by atoms with van der Waals surface area (Å²) < 4.78 is 9.74. The molecule has 8 nitrogen and oxygen atoms in total. The van der Waals surface area contributed by atoms with Gasteiger partial charge < -0.3 is 24.6 Å². The lowest BCUT2D eigenvalue weighted by atomic mass is 10.0. The Bertz CT molecular complexity index is 868. The number of carbonyl (C=O) groups is 3. The number of ether oxygens (including phenoxy) is 2. The second-order valence-corrected chi connectivity index (χ2v) is 7.05. The molecule has 2 N–H and O–H groups in total. The van der Waals surface area contributed by atoms with E-state index in [0.29, 0.717) is 17.7 Å². The van der Waals surface area contributed by atoms with E-state index in [1.165, 1.54) is 19.3 Å². The van der Waals surface area contributed by atoms with Crippen LogP contribution in [0.4, 0.5) is 0 Å². The van der Waals surface area contributed by atoms with E-state index < -0.39 is 17.9 Å². The molecule has 0 saturated carbocycles. The Kier molecular flexibility index (Phi) is 15.3. The summed E-state index contributed by atoms with van der Waals surface area (Å²) in [5.41, 5.74) is 1.88. The Balaban J connectivity index is 0.000000676. The molecule has 0 saturated heterocycles. The van der Waals surface area contributed by atoms with Crippen molar-refractivity contribution in [2.75, 3.05) is 33.9 Å². The molecule has 1 rings (SSSR count). The molecule has 0 aliphatic heterocycles. The Labute approximate surface area is 195 Å². The minimum absolute atomic E-state index is 0.105. The third-order valence-electron chi connectivity index (χ3n) is 4.08. The Hall–Kier alpha value is -3.49. The van der Waals surface area contributed by atoms with Gasteiger partial charge in [-0.25, -0.2) is 14.4 Å². The van der Waals surface area contributed by atoms with Crippen molar-refractivity contribution < 1.29 is 34.1 Å². The lowest BCUT2D eigenvalue weighted by Crippen LogP contribution is -2.20. The van der Waals surface area contributed by atoms with Gasteiger partial charge in [-0.1, -0.05) is 36.9 Å². The van der Waals surface area contributed by atoms with Crippen molar-refractivity contribution in [1.29, 1.82) is 0 Å². The van der Waals surface area contributed by atoms with Crippen LogP contribution in [0, 0.1) is 0 Å². The van der Waals surface area contributed by atoms with Crippen molar-refractivity contribution in [3.8, 4) is 0 Å². The van der Waals surface area contributed by atoms with Gasteiger partial charge in [0.05, 0.1) is 6.26 Å². The standard InChI is InChI=1S/C14H23NO5.C11H10O2/c1-10(13(17)18)9-12(5-7-16)11(2)14(19)20-8-6-15(3)4;1-2-11(12)13-9-8-10-6-4-3-5-7-10/h9,16H,5-8H2,1-4H3,(H,17,18);2-9H,1H2. The van der Waals surface area contributed by atoms with Gasteiger partial charge in [-0.15, -0.1) is 0 Å². The van der Waals surface area contributed by atoms with E-state index >= 15 is 0 Å². The minimum atomic E-state index is -1.06. The highest BCUT2D eigenvalue weighted by Crippen LogP contribution is 2.14. The number of aliphatic hydroxyl groups is 1. The number of carboxylic acids is 1. The number of benzene rings is 1. The van der Waals surface area contributed by atoms with E-state index in [-0.39, 0.29) is 25.2 Å². The predicted octanol–water partition coefficient (Wildman–Crippen LogP) is 3.21. The maximum absolute atomic E-state index is 11.8. The topological polar surface area (TPSA) is 113 Å². The highest BCUT2D eigenvalue weighted by molar-refractivity contribution is 5.91. The molecular formula is C25H33NO7. The largest absolute Gasteiger partial charge is 0.478 e. The second-order valence-electron chi connectivity index (χ2n) is 7.05. The summed E-state index contributed by atoms with van der Waals surface area (Å²) in [6.45, 7) is 6.98. The number of allylic oxidation sites excluding steroid dienone is 1. The van der Waals surface area contributed by atoms with Crippen LogP contribution in [0.3, 0.4) is 0 Å². The number of carboxylic acid groups (broad SMARTS) is 1. The number of esters is 2. The van der Waals surface area contributed by atoms with Crippen molar-refractivity contribution in [2.24, 2.45) is 0 Å². The molecule has 0 bridgehead atoms. The molecule has 0 radical (unpaired) electrons. The number of aliphatic carboxylic acids is 1. The van der Waals surface area contributed by atoms with E-state index in [2.05, 4.69) is 11.3 Å². The van der Waals surface area contributed by atoms with Gasteiger partial charge in [-0.3, -0.25) is 0 Å². The zero-order chi connectivity index (χ0) is 25.2. The molecule has 0 atom stereocenters. The normalized spacial score (nSPS) is 11.9. The van der Waals surface area contributed by atoms with Crippen LogP contribution in [-0.2, 0) is 23.9 Å². The maximum atomic E-state index is 11.8. The summed E-state index contributed by atoms with van der Waals surface area (Å²) in [4.78, 5) is 35.1. The van der Waals surface area contributed by atoms with Gasteiger partial charge in [0.15, 0.2) is 0 Å². The van der Waals surface area contributed by atoms with Gasteiger partial charge in [0.1, 0.15) is 6.61 Å². The number of rotatable bonds is 11. The fourth-order valence-corrected chi connectivity index (χ4v) is 2.16. The molecule has 0 unspecified atom stereocenters. The number of carbonyl (C=O) groups excluding carboxylic acids is 2.